The van der Waals surface area contributed by atoms with Gasteiger partial charge < -0.3 is 14.9 Å². The van der Waals surface area contributed by atoms with Crippen molar-refractivity contribution in [1.29, 1.82) is 0 Å². The van der Waals surface area contributed by atoms with E-state index in [0.717, 1.165) is 51.7 Å². The van der Waals surface area contributed by atoms with Crippen molar-refractivity contribution < 1.29 is 9.90 Å². The lowest BCUT2D eigenvalue weighted by molar-refractivity contribution is -0.154. The lowest BCUT2D eigenvalue weighted by Gasteiger charge is -2.43. The van der Waals surface area contributed by atoms with E-state index >= 15 is 0 Å². The number of hydrogen-bond acceptors (Lipinski definition) is 3. The van der Waals surface area contributed by atoms with E-state index in [0.29, 0.717) is 12.0 Å². The fraction of sp³-hybridized carbons (Fsp3) is 0.938. The van der Waals surface area contributed by atoms with E-state index < -0.39 is 11.4 Å². The largest absolute Gasteiger partial charge is 0.481 e. The summed E-state index contributed by atoms with van der Waals surface area (Å²) in [4.78, 5) is 16.6. The van der Waals surface area contributed by atoms with Crippen LogP contribution in [-0.2, 0) is 4.79 Å². The quantitative estimate of drug-likeness (QED) is 0.859. The number of carbonyl (C=O) groups is 1. The first-order chi connectivity index (χ1) is 9.43. The molecule has 2 atom stereocenters. The van der Waals surface area contributed by atoms with Gasteiger partial charge in [-0.2, -0.15) is 0 Å². The molecule has 0 amide bonds. The van der Waals surface area contributed by atoms with Gasteiger partial charge in [-0.3, -0.25) is 4.79 Å². The van der Waals surface area contributed by atoms with Gasteiger partial charge in [0.2, 0.25) is 0 Å². The Morgan fingerprint density at radius 1 is 1.35 bits per heavy atom. The number of carboxylic acid groups (broad SMARTS) is 1. The Labute approximate surface area is 123 Å². The molecule has 2 unspecified atom stereocenters. The standard InChI is InChI=1S/C16H30N2O2/c1-13-5-4-8-16(11-13,15(19)20)12-18(3)14-6-9-17(2)10-7-14/h13-14H,4-12H2,1-3H3,(H,19,20). The van der Waals surface area contributed by atoms with Crippen molar-refractivity contribution in [2.75, 3.05) is 33.7 Å². The third-order valence-electron chi connectivity index (χ3n) is 5.41. The minimum absolute atomic E-state index is 0.504. The molecule has 0 aromatic rings. The normalized spacial score (nSPS) is 33.5. The molecular weight excluding hydrogens is 252 g/mol. The molecule has 2 fully saturated rings. The lowest BCUT2D eigenvalue weighted by Crippen LogP contribution is -2.50. The Hall–Kier alpha value is -0.610. The van der Waals surface area contributed by atoms with Crippen LogP contribution in [0.25, 0.3) is 0 Å². The Morgan fingerprint density at radius 3 is 2.55 bits per heavy atom. The Kier molecular flexibility index (Phi) is 5.08. The highest BCUT2D eigenvalue weighted by Gasteiger charge is 2.43. The molecule has 4 nitrogen and oxygen atoms in total. The fourth-order valence-corrected chi connectivity index (χ4v) is 4.11. The van der Waals surface area contributed by atoms with Crippen molar-refractivity contribution in [3.63, 3.8) is 0 Å². The smallest absolute Gasteiger partial charge is 0.310 e. The van der Waals surface area contributed by atoms with Crippen LogP contribution >= 0.6 is 0 Å². The summed E-state index contributed by atoms with van der Waals surface area (Å²) >= 11 is 0. The van der Waals surface area contributed by atoms with E-state index in [2.05, 4.69) is 30.8 Å². The molecule has 1 aliphatic carbocycles. The zero-order chi connectivity index (χ0) is 14.8. The molecule has 0 spiro atoms. The third-order valence-corrected chi connectivity index (χ3v) is 5.41. The molecule has 116 valence electrons. The number of carboxylic acids is 1. The summed E-state index contributed by atoms with van der Waals surface area (Å²) in [5.74, 6) is -0.0328. The van der Waals surface area contributed by atoms with Gasteiger partial charge in [0.05, 0.1) is 5.41 Å². The van der Waals surface area contributed by atoms with Gasteiger partial charge in [0.25, 0.3) is 0 Å². The second-order valence-corrected chi connectivity index (χ2v) is 7.24. The summed E-state index contributed by atoms with van der Waals surface area (Å²) in [6, 6.07) is 0.555. The van der Waals surface area contributed by atoms with Crippen molar-refractivity contribution >= 4 is 5.97 Å². The van der Waals surface area contributed by atoms with Crippen LogP contribution in [0.2, 0.25) is 0 Å². The van der Waals surface area contributed by atoms with Crippen LogP contribution in [0.5, 0.6) is 0 Å². The molecule has 1 aliphatic heterocycles. The molecule has 0 bridgehead atoms. The Bertz CT molecular complexity index is 339. The van der Waals surface area contributed by atoms with E-state index in [1.54, 1.807) is 0 Å². The zero-order valence-corrected chi connectivity index (χ0v) is 13.3. The summed E-state index contributed by atoms with van der Waals surface area (Å²) in [7, 11) is 4.29. The number of nitrogens with zero attached hydrogens (tertiary/aromatic N) is 2. The van der Waals surface area contributed by atoms with Gasteiger partial charge in [0.1, 0.15) is 0 Å². The summed E-state index contributed by atoms with van der Waals surface area (Å²) in [5.41, 5.74) is -0.504. The summed E-state index contributed by atoms with van der Waals surface area (Å²) < 4.78 is 0. The summed E-state index contributed by atoms with van der Waals surface area (Å²) in [6.07, 6.45) is 6.28. The maximum atomic E-state index is 11.9. The molecule has 20 heavy (non-hydrogen) atoms. The highest BCUT2D eigenvalue weighted by atomic mass is 16.4. The van der Waals surface area contributed by atoms with Crippen molar-refractivity contribution in [1.82, 2.24) is 9.80 Å². The van der Waals surface area contributed by atoms with E-state index in [-0.39, 0.29) is 0 Å². The zero-order valence-electron chi connectivity index (χ0n) is 13.3. The van der Waals surface area contributed by atoms with Gasteiger partial charge in [0.15, 0.2) is 0 Å². The van der Waals surface area contributed by atoms with Crippen LogP contribution in [0.4, 0.5) is 0 Å². The SMILES string of the molecule is CC1CCCC(CN(C)C2CCN(C)CC2)(C(=O)O)C1. The average molecular weight is 282 g/mol. The first-order valence-corrected chi connectivity index (χ1v) is 8.05. The number of rotatable bonds is 4. The minimum Gasteiger partial charge on any atom is -0.481 e. The van der Waals surface area contributed by atoms with Crippen LogP contribution in [0.15, 0.2) is 0 Å². The lowest BCUT2D eigenvalue weighted by atomic mass is 9.69. The molecule has 1 saturated carbocycles. The van der Waals surface area contributed by atoms with Crippen molar-refractivity contribution in [3.05, 3.63) is 0 Å². The average Bonchev–Trinajstić information content (AvgIpc) is 2.39. The molecule has 2 aliphatic rings. The maximum Gasteiger partial charge on any atom is 0.310 e. The second kappa shape index (κ2) is 6.44. The molecule has 0 aromatic heterocycles. The number of hydrogen-bond donors (Lipinski definition) is 1. The van der Waals surface area contributed by atoms with Crippen LogP contribution in [-0.4, -0.2) is 60.6 Å². The molecule has 1 saturated heterocycles. The summed E-state index contributed by atoms with van der Waals surface area (Å²) in [5, 5.41) is 9.76. The van der Waals surface area contributed by atoms with Crippen LogP contribution in [0, 0.1) is 11.3 Å². The predicted molar refractivity (Wildman–Crippen MR) is 80.8 cm³/mol. The minimum atomic E-state index is -0.580. The molecule has 0 aromatic carbocycles. The molecule has 4 heteroatoms. The third kappa shape index (κ3) is 3.53. The Morgan fingerprint density at radius 2 is 2.00 bits per heavy atom. The molecule has 1 heterocycles. The van der Waals surface area contributed by atoms with Crippen molar-refractivity contribution in [2.24, 2.45) is 11.3 Å². The first-order valence-electron chi connectivity index (χ1n) is 8.05. The van der Waals surface area contributed by atoms with Crippen LogP contribution < -0.4 is 0 Å². The second-order valence-electron chi connectivity index (χ2n) is 7.24. The highest BCUT2D eigenvalue weighted by molar-refractivity contribution is 5.75. The van der Waals surface area contributed by atoms with Crippen molar-refractivity contribution in [3.8, 4) is 0 Å². The fourth-order valence-electron chi connectivity index (χ4n) is 4.11. The number of likely N-dealkylation sites (tertiary alicyclic amines) is 1. The molecular formula is C16H30N2O2. The van der Waals surface area contributed by atoms with Crippen molar-refractivity contribution in [2.45, 2.75) is 51.5 Å². The topological polar surface area (TPSA) is 43.8 Å². The van der Waals surface area contributed by atoms with E-state index in [9.17, 15) is 9.90 Å². The van der Waals surface area contributed by atoms with E-state index in [1.807, 2.05) is 0 Å². The van der Waals surface area contributed by atoms with Gasteiger partial charge in [-0.05, 0) is 58.8 Å². The van der Waals surface area contributed by atoms with Crippen LogP contribution in [0.1, 0.15) is 45.4 Å². The molecule has 0 radical (unpaired) electrons. The first kappa shape index (κ1) is 15.8. The summed E-state index contributed by atoms with van der Waals surface area (Å²) in [6.45, 7) is 5.18. The van der Waals surface area contributed by atoms with Gasteiger partial charge in [-0.1, -0.05) is 19.8 Å². The Balaban J connectivity index is 1.99. The van der Waals surface area contributed by atoms with Gasteiger partial charge in [-0.15, -0.1) is 0 Å². The van der Waals surface area contributed by atoms with Gasteiger partial charge in [-0.25, -0.2) is 0 Å². The van der Waals surface area contributed by atoms with E-state index in [4.69, 9.17) is 0 Å². The molecule has 2 rings (SSSR count). The number of piperidine rings is 1. The predicted octanol–water partition coefficient (Wildman–Crippen LogP) is 2.29. The maximum absolute atomic E-state index is 11.9. The molecule has 1 N–H and O–H groups in total. The van der Waals surface area contributed by atoms with Gasteiger partial charge in [0, 0.05) is 12.6 Å². The van der Waals surface area contributed by atoms with E-state index in [1.165, 1.54) is 6.42 Å². The van der Waals surface area contributed by atoms with Crippen LogP contribution in [0.3, 0.4) is 0 Å². The van der Waals surface area contributed by atoms with Gasteiger partial charge >= 0.3 is 5.97 Å². The number of aliphatic carboxylic acids is 1. The monoisotopic (exact) mass is 282 g/mol. The highest BCUT2D eigenvalue weighted by Crippen LogP contribution is 2.40.